The molecule has 1 rings (SSSR count). The summed E-state index contributed by atoms with van der Waals surface area (Å²) in [6.07, 6.45) is 1.94. The number of carbonyl (C=O) groups excluding carboxylic acids is 1. The molecule has 0 saturated carbocycles. The Morgan fingerprint density at radius 2 is 1.95 bits per heavy atom. The molecule has 0 spiro atoms. The van der Waals surface area contributed by atoms with Crippen molar-refractivity contribution < 1.29 is 19.4 Å². The highest BCUT2D eigenvalue weighted by Crippen LogP contribution is 2.13. The highest BCUT2D eigenvalue weighted by atomic mass is 16.5. The molecule has 2 N–H and O–H groups in total. The van der Waals surface area contributed by atoms with Crippen molar-refractivity contribution in [3.05, 3.63) is 29.8 Å². The van der Waals surface area contributed by atoms with Gasteiger partial charge in [-0.15, -0.1) is 0 Å². The first kappa shape index (κ1) is 17.0. The van der Waals surface area contributed by atoms with E-state index in [0.717, 1.165) is 17.7 Å². The van der Waals surface area contributed by atoms with Crippen LogP contribution in [0.2, 0.25) is 0 Å². The van der Waals surface area contributed by atoms with Crippen LogP contribution in [-0.4, -0.2) is 30.1 Å². The topological polar surface area (TPSA) is 75.6 Å². The van der Waals surface area contributed by atoms with Crippen LogP contribution in [0.4, 0.5) is 0 Å². The fraction of sp³-hybridized carbons (Fsp3) is 0.500. The van der Waals surface area contributed by atoms with Gasteiger partial charge in [-0.1, -0.05) is 26.0 Å². The average Bonchev–Trinajstić information content (AvgIpc) is 2.49. The Morgan fingerprint density at radius 1 is 1.29 bits per heavy atom. The first-order valence-corrected chi connectivity index (χ1v) is 7.24. The molecule has 1 atom stereocenters. The molecule has 1 amide bonds. The van der Waals surface area contributed by atoms with Gasteiger partial charge in [0.15, 0.2) is 0 Å². The number of carboxylic acid groups (broad SMARTS) is 1. The van der Waals surface area contributed by atoms with E-state index in [1.807, 2.05) is 24.3 Å². The van der Waals surface area contributed by atoms with Crippen LogP contribution >= 0.6 is 0 Å². The molecule has 0 fully saturated rings. The van der Waals surface area contributed by atoms with E-state index in [1.54, 1.807) is 6.92 Å². The number of aliphatic carboxylic acids is 1. The summed E-state index contributed by atoms with van der Waals surface area (Å²) in [6.45, 7) is 4.48. The van der Waals surface area contributed by atoms with Crippen LogP contribution in [0.15, 0.2) is 24.3 Å². The molecule has 0 aliphatic heterocycles. The summed E-state index contributed by atoms with van der Waals surface area (Å²) < 4.78 is 5.49. The molecule has 5 nitrogen and oxygen atoms in total. The summed E-state index contributed by atoms with van der Waals surface area (Å²) in [5.74, 6) is -0.767. The predicted octanol–water partition coefficient (Wildman–Crippen LogP) is 2.24. The molecule has 5 heteroatoms. The number of ether oxygens (including phenoxy) is 1. The van der Waals surface area contributed by atoms with Gasteiger partial charge in [-0.05, 0) is 30.5 Å². The lowest BCUT2D eigenvalue weighted by atomic mass is 10.1. The smallest absolute Gasteiger partial charge is 0.308 e. The van der Waals surface area contributed by atoms with Crippen LogP contribution in [0.3, 0.4) is 0 Å². The molecule has 21 heavy (non-hydrogen) atoms. The first-order valence-electron chi connectivity index (χ1n) is 7.24. The first-order chi connectivity index (χ1) is 10.0. The van der Waals surface area contributed by atoms with Crippen molar-refractivity contribution >= 4 is 11.9 Å². The van der Waals surface area contributed by atoms with Gasteiger partial charge in [0.25, 0.3) is 0 Å². The second kappa shape index (κ2) is 9.00. The van der Waals surface area contributed by atoms with Crippen LogP contribution in [0.1, 0.15) is 32.3 Å². The highest BCUT2D eigenvalue weighted by Gasteiger charge is 2.11. The molecule has 0 aliphatic rings. The second-order valence-corrected chi connectivity index (χ2v) is 5.04. The maximum atomic E-state index is 11.6. The SMILES string of the molecule is CCCOc1ccc(CCC(=O)NCC(C)C(=O)O)cc1. The van der Waals surface area contributed by atoms with Crippen molar-refractivity contribution in [3.63, 3.8) is 0 Å². The normalized spacial score (nSPS) is 11.7. The third kappa shape index (κ3) is 6.79. The Hall–Kier alpha value is -2.04. The van der Waals surface area contributed by atoms with Gasteiger partial charge < -0.3 is 15.2 Å². The van der Waals surface area contributed by atoms with Crippen LogP contribution in [0, 0.1) is 5.92 Å². The lowest BCUT2D eigenvalue weighted by molar-refractivity contribution is -0.141. The average molecular weight is 293 g/mol. The van der Waals surface area contributed by atoms with Crippen molar-refractivity contribution in [1.82, 2.24) is 5.32 Å². The molecule has 0 aliphatic carbocycles. The van der Waals surface area contributed by atoms with E-state index in [9.17, 15) is 9.59 Å². The van der Waals surface area contributed by atoms with E-state index in [4.69, 9.17) is 9.84 Å². The van der Waals surface area contributed by atoms with Crippen LogP contribution in [0.25, 0.3) is 0 Å². The number of amides is 1. The zero-order valence-electron chi connectivity index (χ0n) is 12.6. The molecule has 116 valence electrons. The van der Waals surface area contributed by atoms with E-state index >= 15 is 0 Å². The largest absolute Gasteiger partial charge is 0.494 e. The number of nitrogens with one attached hydrogen (secondary N) is 1. The van der Waals surface area contributed by atoms with Gasteiger partial charge >= 0.3 is 5.97 Å². The number of aryl methyl sites for hydroxylation is 1. The lowest BCUT2D eigenvalue weighted by Crippen LogP contribution is -2.31. The molecule has 0 radical (unpaired) electrons. The highest BCUT2D eigenvalue weighted by molar-refractivity contribution is 5.77. The number of benzene rings is 1. The summed E-state index contributed by atoms with van der Waals surface area (Å²) >= 11 is 0. The van der Waals surface area contributed by atoms with Gasteiger partial charge in [0, 0.05) is 13.0 Å². The summed E-state index contributed by atoms with van der Waals surface area (Å²) in [4.78, 5) is 22.3. The van der Waals surface area contributed by atoms with Crippen molar-refractivity contribution in [2.24, 2.45) is 5.92 Å². The third-order valence-corrected chi connectivity index (χ3v) is 3.06. The third-order valence-electron chi connectivity index (χ3n) is 3.06. The molecule has 1 aromatic carbocycles. The minimum absolute atomic E-state index is 0.130. The molecule has 1 aromatic rings. The maximum Gasteiger partial charge on any atom is 0.308 e. The van der Waals surface area contributed by atoms with Crippen LogP contribution < -0.4 is 10.1 Å². The van der Waals surface area contributed by atoms with Crippen molar-refractivity contribution in [3.8, 4) is 5.75 Å². The molecule has 1 unspecified atom stereocenters. The molecule has 0 aromatic heterocycles. The number of hydrogen-bond acceptors (Lipinski definition) is 3. The number of rotatable bonds is 9. The van der Waals surface area contributed by atoms with Crippen LogP contribution in [-0.2, 0) is 16.0 Å². The van der Waals surface area contributed by atoms with Gasteiger partial charge in [0.2, 0.25) is 5.91 Å². The Balaban J connectivity index is 2.31. The lowest BCUT2D eigenvalue weighted by Gasteiger charge is -2.09. The van der Waals surface area contributed by atoms with E-state index in [2.05, 4.69) is 12.2 Å². The van der Waals surface area contributed by atoms with Gasteiger partial charge in [-0.3, -0.25) is 9.59 Å². The van der Waals surface area contributed by atoms with Crippen molar-refractivity contribution in [2.75, 3.05) is 13.2 Å². The van der Waals surface area contributed by atoms with Crippen molar-refractivity contribution in [1.29, 1.82) is 0 Å². The Labute approximate surface area is 125 Å². The van der Waals surface area contributed by atoms with E-state index in [-0.39, 0.29) is 12.5 Å². The predicted molar refractivity (Wildman–Crippen MR) is 80.4 cm³/mol. The quantitative estimate of drug-likeness (QED) is 0.732. The summed E-state index contributed by atoms with van der Waals surface area (Å²) in [5.41, 5.74) is 1.06. The van der Waals surface area contributed by atoms with E-state index in [1.165, 1.54) is 0 Å². The zero-order valence-corrected chi connectivity index (χ0v) is 12.6. The number of hydrogen-bond donors (Lipinski definition) is 2. The fourth-order valence-corrected chi connectivity index (χ4v) is 1.67. The minimum atomic E-state index is -0.905. The summed E-state index contributed by atoms with van der Waals surface area (Å²) in [6, 6.07) is 7.68. The summed E-state index contributed by atoms with van der Waals surface area (Å²) in [7, 11) is 0. The Bertz CT molecular complexity index is 456. The second-order valence-electron chi connectivity index (χ2n) is 5.04. The summed E-state index contributed by atoms with van der Waals surface area (Å²) in [5, 5.41) is 11.4. The molecular formula is C16H23NO4. The van der Waals surface area contributed by atoms with Crippen LogP contribution in [0.5, 0.6) is 5.75 Å². The Kier molecular flexibility index (Phi) is 7.29. The van der Waals surface area contributed by atoms with Crippen molar-refractivity contribution in [2.45, 2.75) is 33.1 Å². The Morgan fingerprint density at radius 3 is 2.52 bits per heavy atom. The number of carbonyl (C=O) groups is 2. The monoisotopic (exact) mass is 293 g/mol. The molecule has 0 heterocycles. The van der Waals surface area contributed by atoms with Gasteiger partial charge in [0.05, 0.1) is 12.5 Å². The fourth-order valence-electron chi connectivity index (χ4n) is 1.67. The van der Waals surface area contributed by atoms with Gasteiger partial charge in [-0.2, -0.15) is 0 Å². The maximum absolute atomic E-state index is 11.6. The van der Waals surface area contributed by atoms with Gasteiger partial charge in [0.1, 0.15) is 5.75 Å². The molecule has 0 bridgehead atoms. The molecular weight excluding hydrogens is 270 g/mol. The minimum Gasteiger partial charge on any atom is -0.494 e. The van der Waals surface area contributed by atoms with E-state index in [0.29, 0.717) is 19.4 Å². The zero-order chi connectivity index (χ0) is 15.7. The van der Waals surface area contributed by atoms with Gasteiger partial charge in [-0.25, -0.2) is 0 Å². The number of carboxylic acids is 1. The molecule has 0 saturated heterocycles. The standard InChI is InChI=1S/C16H23NO4/c1-3-10-21-14-7-4-13(5-8-14)6-9-15(18)17-11-12(2)16(19)20/h4-5,7-8,12H,3,6,9-11H2,1-2H3,(H,17,18)(H,19,20). The van der Waals surface area contributed by atoms with E-state index < -0.39 is 11.9 Å².